The highest BCUT2D eigenvalue weighted by Crippen LogP contribution is 2.57. The van der Waals surface area contributed by atoms with Crippen molar-refractivity contribution in [3.63, 3.8) is 0 Å². The Labute approximate surface area is 176 Å². The number of nitrogens with zero attached hydrogens (tertiary/aromatic N) is 1. The number of amides is 1. The Morgan fingerprint density at radius 2 is 1.93 bits per heavy atom. The molecule has 2 atom stereocenters. The number of anilines is 1. The third-order valence-corrected chi connectivity index (χ3v) is 6.90. The molecule has 4 aliphatic rings. The lowest BCUT2D eigenvalue weighted by Gasteiger charge is -2.43. The third kappa shape index (κ3) is 2.91. The molecular formula is C23H28N2O5. The van der Waals surface area contributed by atoms with Gasteiger partial charge in [-0.15, -0.1) is 0 Å². The number of benzene rings is 1. The zero-order valence-electron chi connectivity index (χ0n) is 17.5. The summed E-state index contributed by atoms with van der Waals surface area (Å²) >= 11 is 0. The Bertz CT molecular complexity index is 934. The molecule has 0 bridgehead atoms. The first-order valence-corrected chi connectivity index (χ1v) is 10.5. The molecule has 1 aromatic rings. The number of rotatable bonds is 5. The van der Waals surface area contributed by atoms with Gasteiger partial charge in [0.25, 0.3) is 0 Å². The van der Waals surface area contributed by atoms with Gasteiger partial charge in [0.15, 0.2) is 17.8 Å². The van der Waals surface area contributed by atoms with Crippen LogP contribution in [0.2, 0.25) is 0 Å². The quantitative estimate of drug-likeness (QED) is 0.591. The molecule has 2 N–H and O–H groups in total. The molecule has 0 aromatic heterocycles. The summed E-state index contributed by atoms with van der Waals surface area (Å²) < 4.78 is 22.4. The predicted molar refractivity (Wildman–Crippen MR) is 111 cm³/mol. The van der Waals surface area contributed by atoms with Crippen LogP contribution in [0.15, 0.2) is 35.6 Å². The Morgan fingerprint density at radius 1 is 1.20 bits per heavy atom. The average Bonchev–Trinajstić information content (AvgIpc) is 3.39. The van der Waals surface area contributed by atoms with Crippen molar-refractivity contribution in [1.29, 1.82) is 0 Å². The molecule has 160 valence electrons. The van der Waals surface area contributed by atoms with Crippen LogP contribution in [0.1, 0.15) is 37.2 Å². The maximum atomic E-state index is 13.2. The number of hydrogen-bond donors (Lipinski definition) is 1. The minimum atomic E-state index is -0.220. The van der Waals surface area contributed by atoms with Crippen LogP contribution >= 0.6 is 0 Å². The number of carbonyl (C=O) groups excluding carboxylic acids is 1. The Kier molecular flexibility index (Phi) is 4.75. The maximum absolute atomic E-state index is 13.2. The summed E-state index contributed by atoms with van der Waals surface area (Å²) in [7, 11) is 3.21. The van der Waals surface area contributed by atoms with Crippen molar-refractivity contribution >= 4 is 11.6 Å². The van der Waals surface area contributed by atoms with Gasteiger partial charge in [0, 0.05) is 48.2 Å². The van der Waals surface area contributed by atoms with Gasteiger partial charge in [-0.05, 0) is 30.0 Å². The van der Waals surface area contributed by atoms with Gasteiger partial charge >= 0.3 is 0 Å². The van der Waals surface area contributed by atoms with E-state index in [1.165, 1.54) is 5.57 Å². The molecule has 3 heterocycles. The largest absolute Gasteiger partial charge is 0.493 e. The Hall–Kier alpha value is -2.51. The first-order chi connectivity index (χ1) is 14.6. The number of allylic oxidation sites excluding steroid dienone is 2. The highest BCUT2D eigenvalue weighted by molar-refractivity contribution is 5.84. The number of ether oxygens (including phenoxy) is 4. The summed E-state index contributed by atoms with van der Waals surface area (Å²) in [4.78, 5) is 15.2. The number of methoxy groups -OCH3 is 2. The van der Waals surface area contributed by atoms with Crippen molar-refractivity contribution in [2.45, 2.75) is 37.9 Å². The maximum Gasteiger partial charge on any atom is 0.227 e. The lowest BCUT2D eigenvalue weighted by Crippen LogP contribution is -2.44. The molecule has 1 aliphatic carbocycles. The van der Waals surface area contributed by atoms with Crippen LogP contribution in [0.5, 0.6) is 11.5 Å². The molecular weight excluding hydrogens is 384 g/mol. The molecule has 7 nitrogen and oxygen atoms in total. The second kappa shape index (κ2) is 7.32. The first-order valence-electron chi connectivity index (χ1n) is 10.5. The average molecular weight is 412 g/mol. The monoisotopic (exact) mass is 412 g/mol. The van der Waals surface area contributed by atoms with E-state index in [2.05, 4.69) is 12.2 Å². The third-order valence-electron chi connectivity index (χ3n) is 6.90. The second-order valence-corrected chi connectivity index (χ2v) is 8.40. The van der Waals surface area contributed by atoms with Gasteiger partial charge in [-0.1, -0.05) is 12.2 Å². The zero-order valence-corrected chi connectivity index (χ0v) is 17.5. The molecule has 5 rings (SSSR count). The van der Waals surface area contributed by atoms with Crippen molar-refractivity contribution in [3.05, 3.63) is 41.1 Å². The molecule has 30 heavy (non-hydrogen) atoms. The summed E-state index contributed by atoms with van der Waals surface area (Å²) in [6, 6.07) is 3.72. The zero-order chi connectivity index (χ0) is 20.9. The predicted octanol–water partition coefficient (Wildman–Crippen LogP) is 2.97. The molecule has 0 spiro atoms. The molecule has 7 heteroatoms. The molecule has 0 saturated carbocycles. The van der Waals surface area contributed by atoms with Crippen LogP contribution in [-0.4, -0.2) is 51.1 Å². The van der Waals surface area contributed by atoms with E-state index in [0.717, 1.165) is 30.5 Å². The van der Waals surface area contributed by atoms with E-state index in [1.807, 2.05) is 11.0 Å². The van der Waals surface area contributed by atoms with E-state index in [1.54, 1.807) is 20.3 Å². The molecule has 0 unspecified atom stereocenters. The number of hydrogen-bond acceptors (Lipinski definition) is 6. The van der Waals surface area contributed by atoms with Gasteiger partial charge in [-0.3, -0.25) is 4.79 Å². The molecule has 3 aliphatic heterocycles. The van der Waals surface area contributed by atoms with Crippen LogP contribution in [0.25, 0.3) is 0 Å². The summed E-state index contributed by atoms with van der Waals surface area (Å²) in [5.41, 5.74) is 10.2. The molecule has 1 saturated heterocycles. The lowest BCUT2D eigenvalue weighted by atomic mass is 9.75. The van der Waals surface area contributed by atoms with E-state index in [4.69, 9.17) is 24.7 Å². The van der Waals surface area contributed by atoms with Crippen LogP contribution in [-0.2, 0) is 14.3 Å². The lowest BCUT2D eigenvalue weighted by molar-refractivity contribution is -0.131. The fourth-order valence-electron chi connectivity index (χ4n) is 5.57. The normalized spacial score (nSPS) is 28.3. The Morgan fingerprint density at radius 3 is 2.67 bits per heavy atom. The fraction of sp³-hybridized carbons (Fsp3) is 0.522. The van der Waals surface area contributed by atoms with Crippen molar-refractivity contribution in [2.24, 2.45) is 5.41 Å². The Balaban J connectivity index is 1.59. The van der Waals surface area contributed by atoms with Crippen LogP contribution in [0, 0.1) is 5.41 Å². The van der Waals surface area contributed by atoms with E-state index < -0.39 is 0 Å². The smallest absolute Gasteiger partial charge is 0.227 e. The fourth-order valence-corrected chi connectivity index (χ4v) is 5.57. The van der Waals surface area contributed by atoms with Crippen LogP contribution in [0.4, 0.5) is 5.69 Å². The molecule has 0 radical (unpaired) electrons. The highest BCUT2D eigenvalue weighted by atomic mass is 16.7. The first kappa shape index (κ1) is 19.5. The standard InChI is InChI=1S/C23H28N2O5/c1-27-18-10-16(17(24)12-19(18)28-2)15-11-20(26)25-7-3-5-23(6-4-14(15)22(23)25)13-21-29-8-9-30-21/h3,5,10,12,15,21H,4,6-9,11,13,24H2,1-2H3/t15-,23+/m1/s1. The van der Waals surface area contributed by atoms with Crippen molar-refractivity contribution in [1.82, 2.24) is 4.90 Å². The van der Waals surface area contributed by atoms with E-state index in [0.29, 0.717) is 43.4 Å². The number of nitrogens with two attached hydrogens (primary N) is 1. The van der Waals surface area contributed by atoms with Crippen molar-refractivity contribution in [2.75, 3.05) is 39.7 Å². The van der Waals surface area contributed by atoms with Crippen molar-refractivity contribution in [3.8, 4) is 11.5 Å². The minimum Gasteiger partial charge on any atom is -0.493 e. The van der Waals surface area contributed by atoms with Gasteiger partial charge in [0.05, 0.1) is 27.4 Å². The van der Waals surface area contributed by atoms with Gasteiger partial charge in [0.1, 0.15) is 0 Å². The van der Waals surface area contributed by atoms with Crippen LogP contribution < -0.4 is 15.2 Å². The molecule has 1 amide bonds. The van der Waals surface area contributed by atoms with Crippen LogP contribution in [0.3, 0.4) is 0 Å². The van der Waals surface area contributed by atoms with Gasteiger partial charge < -0.3 is 29.6 Å². The minimum absolute atomic E-state index is 0.0534. The topological polar surface area (TPSA) is 83.3 Å². The van der Waals surface area contributed by atoms with Gasteiger partial charge in [0.2, 0.25) is 5.91 Å². The highest BCUT2D eigenvalue weighted by Gasteiger charge is 2.51. The number of carbonyl (C=O) groups is 1. The SMILES string of the molecule is COc1cc(N)c([C@@H]2CC(=O)N3CC=C[C@@]4(CC5OCCO5)CCC2=C34)cc1OC. The summed E-state index contributed by atoms with van der Waals surface area (Å²) in [6.45, 7) is 1.88. The van der Waals surface area contributed by atoms with E-state index >= 15 is 0 Å². The van der Waals surface area contributed by atoms with Crippen molar-refractivity contribution < 1.29 is 23.7 Å². The van der Waals surface area contributed by atoms with E-state index in [9.17, 15) is 4.79 Å². The second-order valence-electron chi connectivity index (χ2n) is 8.40. The molecule has 1 fully saturated rings. The summed E-state index contributed by atoms with van der Waals surface area (Å²) in [5, 5.41) is 0. The van der Waals surface area contributed by atoms with E-state index in [-0.39, 0.29) is 23.5 Å². The summed E-state index contributed by atoms with van der Waals surface area (Å²) in [6.07, 6.45) is 7.19. The molecule has 1 aromatic carbocycles. The summed E-state index contributed by atoms with van der Waals surface area (Å²) in [5.74, 6) is 1.30. The van der Waals surface area contributed by atoms with Gasteiger partial charge in [-0.25, -0.2) is 0 Å². The van der Waals surface area contributed by atoms with Gasteiger partial charge in [-0.2, -0.15) is 0 Å². The number of nitrogen functional groups attached to an aromatic ring is 1.